The molecule has 128 valence electrons. The zero-order valence-electron chi connectivity index (χ0n) is 13.6. The molecule has 2 aromatic carbocycles. The molecule has 3 N–H and O–H groups in total. The van der Waals surface area contributed by atoms with Gasteiger partial charge in [0, 0.05) is 17.3 Å². The van der Waals surface area contributed by atoms with Gasteiger partial charge in [-0.3, -0.25) is 0 Å². The lowest BCUT2D eigenvalue weighted by Crippen LogP contribution is -2.41. The Balaban J connectivity index is 2.02. The van der Waals surface area contributed by atoms with Crippen LogP contribution in [0.15, 0.2) is 42.5 Å². The number of aryl methyl sites for hydroxylation is 1. The molecule has 6 heteroatoms. The van der Waals surface area contributed by atoms with Crippen LogP contribution >= 0.6 is 0 Å². The third-order valence-corrected chi connectivity index (χ3v) is 3.75. The van der Waals surface area contributed by atoms with E-state index in [-0.39, 0.29) is 12.1 Å². The standard InChI is InChI=1S/C18H20F2N2O2/c1-3-12-6-4-5-7-16(12)22-17(23)21-11-18(2,24)14-9-8-13(19)10-15(14)20/h4-10,24H,3,11H2,1-2H3,(H2,21,22,23). The first-order valence-corrected chi connectivity index (χ1v) is 7.64. The van der Waals surface area contributed by atoms with Gasteiger partial charge in [0.15, 0.2) is 0 Å². The van der Waals surface area contributed by atoms with E-state index in [0.717, 1.165) is 24.1 Å². The second-order valence-corrected chi connectivity index (χ2v) is 5.72. The van der Waals surface area contributed by atoms with Crippen molar-refractivity contribution in [2.24, 2.45) is 0 Å². The average Bonchev–Trinajstić information content (AvgIpc) is 2.53. The van der Waals surface area contributed by atoms with Gasteiger partial charge in [0.05, 0.1) is 6.54 Å². The summed E-state index contributed by atoms with van der Waals surface area (Å²) in [5.41, 5.74) is -0.105. The first kappa shape index (κ1) is 17.9. The molecule has 0 aliphatic carbocycles. The number of rotatable bonds is 5. The van der Waals surface area contributed by atoms with Crippen molar-refractivity contribution in [2.45, 2.75) is 25.9 Å². The van der Waals surface area contributed by atoms with Crippen molar-refractivity contribution in [3.05, 3.63) is 65.2 Å². The van der Waals surface area contributed by atoms with Crippen LogP contribution in [0.5, 0.6) is 0 Å². The number of halogens is 2. The first-order chi connectivity index (χ1) is 11.3. The largest absolute Gasteiger partial charge is 0.383 e. The number of carbonyl (C=O) groups is 1. The molecule has 0 aromatic heterocycles. The number of amides is 2. The van der Waals surface area contributed by atoms with Crippen LogP contribution in [0.4, 0.5) is 19.3 Å². The molecule has 0 radical (unpaired) electrons. The number of anilines is 1. The van der Waals surface area contributed by atoms with Gasteiger partial charge in [0.1, 0.15) is 17.2 Å². The molecule has 2 amide bonds. The summed E-state index contributed by atoms with van der Waals surface area (Å²) in [5.74, 6) is -1.59. The quantitative estimate of drug-likeness (QED) is 0.783. The molecule has 0 saturated carbocycles. The van der Waals surface area contributed by atoms with Gasteiger partial charge in [-0.25, -0.2) is 13.6 Å². The molecule has 0 heterocycles. The summed E-state index contributed by atoms with van der Waals surface area (Å²) in [6.45, 7) is 3.10. The summed E-state index contributed by atoms with van der Waals surface area (Å²) in [5, 5.41) is 15.6. The van der Waals surface area contributed by atoms with E-state index in [1.54, 1.807) is 12.1 Å². The molecule has 24 heavy (non-hydrogen) atoms. The van der Waals surface area contributed by atoms with Gasteiger partial charge in [-0.15, -0.1) is 0 Å². The number of urea groups is 1. The van der Waals surface area contributed by atoms with Gasteiger partial charge in [0.25, 0.3) is 0 Å². The van der Waals surface area contributed by atoms with Crippen molar-refractivity contribution in [1.29, 1.82) is 0 Å². The average molecular weight is 334 g/mol. The fourth-order valence-electron chi connectivity index (χ4n) is 2.39. The summed E-state index contributed by atoms with van der Waals surface area (Å²) in [7, 11) is 0. The lowest BCUT2D eigenvalue weighted by atomic mass is 9.95. The van der Waals surface area contributed by atoms with Gasteiger partial charge in [0.2, 0.25) is 0 Å². The Hall–Kier alpha value is -2.47. The molecule has 0 spiro atoms. The number of benzene rings is 2. The molecule has 4 nitrogen and oxygen atoms in total. The number of aliphatic hydroxyl groups is 1. The minimum atomic E-state index is -1.67. The highest BCUT2D eigenvalue weighted by atomic mass is 19.1. The highest BCUT2D eigenvalue weighted by Crippen LogP contribution is 2.23. The second kappa shape index (κ2) is 7.40. The van der Waals surface area contributed by atoms with Crippen molar-refractivity contribution in [1.82, 2.24) is 5.32 Å². The lowest BCUT2D eigenvalue weighted by molar-refractivity contribution is 0.0561. The topological polar surface area (TPSA) is 61.4 Å². The molecule has 2 rings (SSSR count). The smallest absolute Gasteiger partial charge is 0.319 e. The minimum Gasteiger partial charge on any atom is -0.383 e. The van der Waals surface area contributed by atoms with Crippen molar-refractivity contribution in [2.75, 3.05) is 11.9 Å². The molecule has 1 atom stereocenters. The van der Waals surface area contributed by atoms with Crippen LogP contribution in [0.25, 0.3) is 0 Å². The van der Waals surface area contributed by atoms with Crippen LogP contribution in [-0.4, -0.2) is 17.7 Å². The van der Waals surface area contributed by atoms with Gasteiger partial charge in [-0.1, -0.05) is 31.2 Å². The number of nitrogens with one attached hydrogen (secondary N) is 2. The highest BCUT2D eigenvalue weighted by molar-refractivity contribution is 5.90. The normalized spacial score (nSPS) is 13.2. The molecule has 0 fully saturated rings. The fraction of sp³-hybridized carbons (Fsp3) is 0.278. The number of carbonyl (C=O) groups excluding carboxylic acids is 1. The number of hydrogen-bond acceptors (Lipinski definition) is 2. The fourth-order valence-corrected chi connectivity index (χ4v) is 2.39. The number of hydrogen-bond donors (Lipinski definition) is 3. The Kier molecular flexibility index (Phi) is 5.51. The van der Waals surface area contributed by atoms with E-state index in [2.05, 4.69) is 10.6 Å². The molecule has 0 bridgehead atoms. The van der Waals surface area contributed by atoms with Crippen molar-refractivity contribution < 1.29 is 18.7 Å². The maximum atomic E-state index is 13.8. The summed E-state index contributed by atoms with van der Waals surface area (Å²) in [6.07, 6.45) is 0.759. The van der Waals surface area contributed by atoms with Gasteiger partial charge in [-0.2, -0.15) is 0 Å². The maximum Gasteiger partial charge on any atom is 0.319 e. The predicted molar refractivity (Wildman–Crippen MR) is 88.8 cm³/mol. The van der Waals surface area contributed by atoms with Crippen LogP contribution in [0.3, 0.4) is 0 Å². The van der Waals surface area contributed by atoms with E-state index in [1.165, 1.54) is 6.92 Å². The van der Waals surface area contributed by atoms with E-state index in [4.69, 9.17) is 0 Å². The zero-order valence-corrected chi connectivity index (χ0v) is 13.6. The van der Waals surface area contributed by atoms with Crippen LogP contribution in [0, 0.1) is 11.6 Å². The van der Waals surface area contributed by atoms with E-state index < -0.39 is 23.3 Å². The summed E-state index contributed by atoms with van der Waals surface area (Å²) < 4.78 is 26.7. The Morgan fingerprint density at radius 1 is 1.21 bits per heavy atom. The van der Waals surface area contributed by atoms with Gasteiger partial charge >= 0.3 is 6.03 Å². The molecular weight excluding hydrogens is 314 g/mol. The molecule has 0 aliphatic rings. The molecule has 0 saturated heterocycles. The van der Waals surface area contributed by atoms with E-state index in [1.807, 2.05) is 19.1 Å². The van der Waals surface area contributed by atoms with E-state index in [9.17, 15) is 18.7 Å². The summed E-state index contributed by atoms with van der Waals surface area (Å²) >= 11 is 0. The van der Waals surface area contributed by atoms with Crippen molar-refractivity contribution >= 4 is 11.7 Å². The van der Waals surface area contributed by atoms with Crippen LogP contribution in [-0.2, 0) is 12.0 Å². The third-order valence-electron chi connectivity index (χ3n) is 3.75. The minimum absolute atomic E-state index is 0.0850. The summed E-state index contributed by atoms with van der Waals surface area (Å²) in [6, 6.07) is 9.76. The SMILES string of the molecule is CCc1ccccc1NC(=O)NCC(C)(O)c1ccc(F)cc1F. The highest BCUT2D eigenvalue weighted by Gasteiger charge is 2.27. The van der Waals surface area contributed by atoms with Gasteiger partial charge < -0.3 is 15.7 Å². The Morgan fingerprint density at radius 3 is 2.58 bits per heavy atom. The van der Waals surface area contributed by atoms with E-state index >= 15 is 0 Å². The monoisotopic (exact) mass is 334 g/mol. The predicted octanol–water partition coefficient (Wildman–Crippen LogP) is 3.56. The number of para-hydroxylation sites is 1. The molecular formula is C18H20F2N2O2. The first-order valence-electron chi connectivity index (χ1n) is 7.64. The molecule has 0 aliphatic heterocycles. The van der Waals surface area contributed by atoms with Crippen LogP contribution in [0.1, 0.15) is 25.0 Å². The van der Waals surface area contributed by atoms with Crippen molar-refractivity contribution in [3.63, 3.8) is 0 Å². The van der Waals surface area contributed by atoms with Gasteiger partial charge in [-0.05, 0) is 31.0 Å². The van der Waals surface area contributed by atoms with Crippen molar-refractivity contribution in [3.8, 4) is 0 Å². The Morgan fingerprint density at radius 2 is 1.92 bits per heavy atom. The molecule has 1 unspecified atom stereocenters. The van der Waals surface area contributed by atoms with Crippen LogP contribution < -0.4 is 10.6 Å². The zero-order chi connectivity index (χ0) is 17.7. The second-order valence-electron chi connectivity index (χ2n) is 5.72. The maximum absolute atomic E-state index is 13.8. The Bertz CT molecular complexity index is 733. The Labute approximate surface area is 139 Å². The van der Waals surface area contributed by atoms with E-state index in [0.29, 0.717) is 11.8 Å². The van der Waals surface area contributed by atoms with Crippen LogP contribution in [0.2, 0.25) is 0 Å². The summed E-state index contributed by atoms with van der Waals surface area (Å²) in [4.78, 5) is 12.0. The third kappa shape index (κ3) is 4.29. The lowest BCUT2D eigenvalue weighted by Gasteiger charge is -2.25. The molecule has 2 aromatic rings.